The van der Waals surface area contributed by atoms with Crippen LogP contribution in [0, 0.1) is 10.1 Å². The zero-order chi connectivity index (χ0) is 15.4. The Morgan fingerprint density at radius 3 is 2.30 bits per heavy atom. The fraction of sp³-hybridized carbons (Fsp3) is 0.200. The lowest BCUT2D eigenvalue weighted by atomic mass is 10.2. The number of nitrogens with one attached hydrogen (secondary N) is 1. The third kappa shape index (κ3) is 3.97. The van der Waals surface area contributed by atoms with Gasteiger partial charge in [0.1, 0.15) is 11.7 Å². The Labute approximate surface area is 122 Å². The van der Waals surface area contributed by atoms with Gasteiger partial charge in [0.2, 0.25) is 0 Å². The Balaban J connectivity index is 3.17. The summed E-state index contributed by atoms with van der Waals surface area (Å²) in [5.74, 6) is -2.83. The molecule has 8 nitrogen and oxygen atoms in total. The molecule has 1 rings (SSSR count). The molecule has 0 spiro atoms. The summed E-state index contributed by atoms with van der Waals surface area (Å²) in [6.07, 6.45) is -0.757. The van der Waals surface area contributed by atoms with E-state index in [2.05, 4.69) is 5.32 Å². The number of nitro benzene ring substituents is 1. The van der Waals surface area contributed by atoms with Gasteiger partial charge in [0.15, 0.2) is 0 Å². The molecule has 1 atom stereocenters. The number of rotatable bonds is 6. The molecule has 0 aliphatic carbocycles. The van der Waals surface area contributed by atoms with E-state index in [1.807, 2.05) is 0 Å². The molecule has 0 aliphatic heterocycles. The molecule has 0 fully saturated rings. The van der Waals surface area contributed by atoms with E-state index in [0.29, 0.717) is 0 Å². The van der Waals surface area contributed by atoms with Gasteiger partial charge in [-0.2, -0.15) is 0 Å². The van der Waals surface area contributed by atoms with E-state index in [1.54, 1.807) is 0 Å². The molecular weight excluding hydrogens is 315 g/mol. The van der Waals surface area contributed by atoms with Gasteiger partial charge in [-0.3, -0.25) is 14.9 Å². The number of hydrogen-bond acceptors (Lipinski definition) is 5. The van der Waals surface area contributed by atoms with Crippen LogP contribution in [-0.2, 0) is 9.59 Å². The molecule has 3 N–H and O–H groups in total. The van der Waals surface area contributed by atoms with Crippen molar-refractivity contribution in [1.29, 1.82) is 0 Å². The summed E-state index contributed by atoms with van der Waals surface area (Å²) in [6, 6.07) is 0.481. The lowest BCUT2D eigenvalue weighted by Gasteiger charge is -2.14. The zero-order valence-electron chi connectivity index (χ0n) is 9.67. The minimum Gasteiger partial charge on any atom is -0.481 e. The quantitative estimate of drug-likeness (QED) is 0.540. The second-order valence-electron chi connectivity index (χ2n) is 3.67. The number of nitrogens with zero attached hydrogens (tertiary/aromatic N) is 1. The summed E-state index contributed by atoms with van der Waals surface area (Å²) in [7, 11) is 0. The van der Waals surface area contributed by atoms with E-state index in [4.69, 9.17) is 33.4 Å². The monoisotopic (exact) mass is 322 g/mol. The van der Waals surface area contributed by atoms with Crippen LogP contribution in [0.5, 0.6) is 0 Å². The van der Waals surface area contributed by atoms with E-state index in [0.717, 1.165) is 12.1 Å². The van der Waals surface area contributed by atoms with Gasteiger partial charge in [0, 0.05) is 6.07 Å². The van der Waals surface area contributed by atoms with Crippen molar-refractivity contribution in [1.82, 2.24) is 0 Å². The first-order valence-corrected chi connectivity index (χ1v) is 5.82. The molecule has 0 aromatic heterocycles. The highest BCUT2D eigenvalue weighted by atomic mass is 35.5. The Bertz CT molecular complexity index is 577. The van der Waals surface area contributed by atoms with Gasteiger partial charge in [-0.05, 0) is 6.07 Å². The Kier molecular flexibility index (Phi) is 5.12. The van der Waals surface area contributed by atoms with E-state index in [1.165, 1.54) is 0 Å². The van der Waals surface area contributed by atoms with Crippen LogP contribution in [0.1, 0.15) is 6.42 Å². The van der Waals surface area contributed by atoms with Crippen LogP contribution in [0.25, 0.3) is 0 Å². The molecule has 108 valence electrons. The van der Waals surface area contributed by atoms with Crippen molar-refractivity contribution in [2.24, 2.45) is 0 Å². The smallest absolute Gasteiger partial charge is 0.326 e. The first-order valence-electron chi connectivity index (χ1n) is 5.07. The number of anilines is 1. The highest BCUT2D eigenvalue weighted by Crippen LogP contribution is 2.34. The molecule has 10 heteroatoms. The SMILES string of the molecule is O=C(O)CC(Nc1cc(Cl)c(Cl)cc1[N+](=O)[O-])C(=O)O. The summed E-state index contributed by atoms with van der Waals surface area (Å²) in [4.78, 5) is 31.5. The van der Waals surface area contributed by atoms with Crippen LogP contribution in [0.4, 0.5) is 11.4 Å². The zero-order valence-corrected chi connectivity index (χ0v) is 11.2. The summed E-state index contributed by atoms with van der Waals surface area (Å²) in [6.45, 7) is 0. The highest BCUT2D eigenvalue weighted by molar-refractivity contribution is 6.42. The minimum absolute atomic E-state index is 0.0285. The third-order valence-electron chi connectivity index (χ3n) is 2.24. The molecule has 0 saturated carbocycles. The van der Waals surface area contributed by atoms with Gasteiger partial charge in [0.05, 0.1) is 21.4 Å². The van der Waals surface area contributed by atoms with Crippen LogP contribution < -0.4 is 5.32 Å². The van der Waals surface area contributed by atoms with Crippen LogP contribution in [-0.4, -0.2) is 33.1 Å². The van der Waals surface area contributed by atoms with Gasteiger partial charge in [0.25, 0.3) is 5.69 Å². The number of hydrogen-bond donors (Lipinski definition) is 3. The molecule has 0 aliphatic rings. The topological polar surface area (TPSA) is 130 Å². The van der Waals surface area contributed by atoms with Gasteiger partial charge in [-0.15, -0.1) is 0 Å². The number of aliphatic carboxylic acids is 2. The molecule has 0 saturated heterocycles. The molecular formula is C10H8Cl2N2O6. The summed E-state index contributed by atoms with van der Waals surface area (Å²) >= 11 is 11.3. The maximum Gasteiger partial charge on any atom is 0.326 e. The Morgan fingerprint density at radius 2 is 1.85 bits per heavy atom. The molecule has 0 bridgehead atoms. The van der Waals surface area contributed by atoms with Crippen molar-refractivity contribution < 1.29 is 24.7 Å². The molecule has 20 heavy (non-hydrogen) atoms. The van der Waals surface area contributed by atoms with E-state index < -0.39 is 35.0 Å². The molecule has 0 radical (unpaired) electrons. The van der Waals surface area contributed by atoms with Gasteiger partial charge in [-0.25, -0.2) is 4.79 Å². The Hall–Kier alpha value is -2.06. The van der Waals surface area contributed by atoms with Crippen molar-refractivity contribution in [3.63, 3.8) is 0 Å². The van der Waals surface area contributed by atoms with Crippen molar-refractivity contribution >= 4 is 46.5 Å². The fourth-order valence-electron chi connectivity index (χ4n) is 1.37. The number of nitro groups is 1. The number of halogens is 2. The minimum atomic E-state index is -1.54. The van der Waals surface area contributed by atoms with Crippen molar-refractivity contribution in [2.75, 3.05) is 5.32 Å². The van der Waals surface area contributed by atoms with Crippen LogP contribution in [0.3, 0.4) is 0 Å². The van der Waals surface area contributed by atoms with E-state index in [-0.39, 0.29) is 15.7 Å². The number of carboxylic acid groups (broad SMARTS) is 2. The predicted octanol–water partition coefficient (Wildman–Crippen LogP) is 2.24. The van der Waals surface area contributed by atoms with Gasteiger partial charge in [-0.1, -0.05) is 23.2 Å². The first-order chi connectivity index (χ1) is 9.22. The standard InChI is InChI=1S/C10H8Cl2N2O6/c11-4-1-6(8(14(19)20)2-5(4)12)13-7(10(17)18)3-9(15)16/h1-2,7,13H,3H2,(H,15,16)(H,17,18). The predicted molar refractivity (Wildman–Crippen MR) is 70.4 cm³/mol. The van der Waals surface area contributed by atoms with E-state index in [9.17, 15) is 19.7 Å². The maximum atomic E-state index is 10.9. The number of carboxylic acids is 2. The van der Waals surface area contributed by atoms with Crippen LogP contribution in [0.15, 0.2) is 12.1 Å². The normalized spacial score (nSPS) is 11.7. The average molecular weight is 323 g/mol. The highest BCUT2D eigenvalue weighted by Gasteiger charge is 2.25. The lowest BCUT2D eigenvalue weighted by Crippen LogP contribution is -2.32. The second kappa shape index (κ2) is 6.40. The number of benzene rings is 1. The summed E-state index contributed by atoms with van der Waals surface area (Å²) < 4.78 is 0. The Morgan fingerprint density at radius 1 is 1.30 bits per heavy atom. The largest absolute Gasteiger partial charge is 0.481 e. The fourth-order valence-corrected chi connectivity index (χ4v) is 1.69. The van der Waals surface area contributed by atoms with Gasteiger partial charge < -0.3 is 15.5 Å². The van der Waals surface area contributed by atoms with E-state index >= 15 is 0 Å². The molecule has 1 unspecified atom stereocenters. The third-order valence-corrected chi connectivity index (χ3v) is 2.96. The molecule has 0 amide bonds. The molecule has 1 aromatic carbocycles. The van der Waals surface area contributed by atoms with Crippen LogP contribution in [0.2, 0.25) is 10.0 Å². The average Bonchev–Trinajstić information content (AvgIpc) is 2.31. The summed E-state index contributed by atoms with van der Waals surface area (Å²) in [5, 5.41) is 30.5. The second-order valence-corrected chi connectivity index (χ2v) is 4.49. The lowest BCUT2D eigenvalue weighted by molar-refractivity contribution is -0.384. The van der Waals surface area contributed by atoms with Crippen molar-refractivity contribution in [3.05, 3.63) is 32.3 Å². The maximum absolute atomic E-state index is 10.9. The van der Waals surface area contributed by atoms with Crippen LogP contribution >= 0.6 is 23.2 Å². The van der Waals surface area contributed by atoms with Gasteiger partial charge >= 0.3 is 11.9 Å². The van der Waals surface area contributed by atoms with Crippen molar-refractivity contribution in [3.8, 4) is 0 Å². The summed E-state index contributed by atoms with van der Waals surface area (Å²) in [5.41, 5.74) is -0.728. The molecule has 0 heterocycles. The molecule has 1 aromatic rings. The van der Waals surface area contributed by atoms with Crippen molar-refractivity contribution in [2.45, 2.75) is 12.5 Å². The first kappa shape index (κ1) is 16.0. The number of carbonyl (C=O) groups is 2.